The molecule has 0 bridgehead atoms. The number of para-hydroxylation sites is 1. The maximum Gasteiger partial charge on any atom is 0.337 e. The van der Waals surface area contributed by atoms with Crippen molar-refractivity contribution in [2.75, 3.05) is 11.9 Å². The number of nitrogens with zero attached hydrogens (tertiary/aromatic N) is 1. The smallest absolute Gasteiger partial charge is 0.337 e. The number of benzene rings is 1. The van der Waals surface area contributed by atoms with Crippen molar-refractivity contribution in [1.29, 1.82) is 0 Å². The van der Waals surface area contributed by atoms with Crippen molar-refractivity contribution in [1.82, 2.24) is 0 Å². The molecule has 0 atom stereocenters. The van der Waals surface area contributed by atoms with Gasteiger partial charge in [0, 0.05) is 13.5 Å². The number of carbonyl (C=O) groups is 2. The molecule has 17 heavy (non-hydrogen) atoms. The van der Waals surface area contributed by atoms with Gasteiger partial charge in [-0.05, 0) is 30.9 Å². The Morgan fingerprint density at radius 2 is 2.00 bits per heavy atom. The number of carboxylic acid groups (broad SMARTS) is 1. The summed E-state index contributed by atoms with van der Waals surface area (Å²) in [5.74, 6) is -0.519. The molecule has 0 saturated heterocycles. The number of hydrogen-bond acceptors (Lipinski definition) is 2. The van der Waals surface area contributed by atoms with Gasteiger partial charge in [0.15, 0.2) is 0 Å². The first-order valence-electron chi connectivity index (χ1n) is 5.68. The average Bonchev–Trinajstić information content (AvgIpc) is 3.11. The number of anilines is 1. The van der Waals surface area contributed by atoms with Crippen LogP contribution in [0.25, 0.3) is 0 Å². The number of hydrogen-bond donors (Lipinski definition) is 1. The van der Waals surface area contributed by atoms with Crippen LogP contribution < -0.4 is 4.90 Å². The lowest BCUT2D eigenvalue weighted by Crippen LogP contribution is -2.28. The summed E-state index contributed by atoms with van der Waals surface area (Å²) >= 11 is 0. The number of aromatic carboxylic acids is 1. The maximum absolute atomic E-state index is 11.9. The molecule has 1 aromatic carbocycles. The highest BCUT2D eigenvalue weighted by atomic mass is 16.4. The average molecular weight is 233 g/mol. The molecular formula is C13H15NO3. The molecule has 2 rings (SSSR count). The third kappa shape index (κ3) is 2.64. The molecule has 1 amide bonds. The van der Waals surface area contributed by atoms with Gasteiger partial charge in [0.05, 0.1) is 11.3 Å². The SMILES string of the molecule is CN(C(=O)CC1CC1)c1ccccc1C(=O)O. The Hall–Kier alpha value is -1.84. The van der Waals surface area contributed by atoms with Gasteiger partial charge >= 0.3 is 5.97 Å². The second-order valence-corrected chi connectivity index (χ2v) is 4.42. The van der Waals surface area contributed by atoms with Crippen molar-refractivity contribution < 1.29 is 14.7 Å². The van der Waals surface area contributed by atoms with Crippen LogP contribution in [0.4, 0.5) is 5.69 Å². The molecule has 0 unspecified atom stereocenters. The van der Waals surface area contributed by atoms with Crippen molar-refractivity contribution in [2.24, 2.45) is 5.92 Å². The molecule has 0 spiro atoms. The zero-order valence-electron chi connectivity index (χ0n) is 9.72. The number of amides is 1. The minimum Gasteiger partial charge on any atom is -0.478 e. The van der Waals surface area contributed by atoms with Crippen LogP contribution in [0.15, 0.2) is 24.3 Å². The summed E-state index contributed by atoms with van der Waals surface area (Å²) < 4.78 is 0. The van der Waals surface area contributed by atoms with E-state index in [0.29, 0.717) is 18.0 Å². The second kappa shape index (κ2) is 4.57. The van der Waals surface area contributed by atoms with E-state index in [1.807, 2.05) is 0 Å². The second-order valence-electron chi connectivity index (χ2n) is 4.42. The van der Waals surface area contributed by atoms with E-state index in [4.69, 9.17) is 5.11 Å². The molecular weight excluding hydrogens is 218 g/mol. The summed E-state index contributed by atoms with van der Waals surface area (Å²) in [5.41, 5.74) is 0.629. The van der Waals surface area contributed by atoms with Gasteiger partial charge < -0.3 is 10.0 Å². The molecule has 1 fully saturated rings. The van der Waals surface area contributed by atoms with Gasteiger partial charge in [0.25, 0.3) is 0 Å². The van der Waals surface area contributed by atoms with E-state index in [9.17, 15) is 9.59 Å². The van der Waals surface area contributed by atoms with Crippen LogP contribution >= 0.6 is 0 Å². The molecule has 0 heterocycles. The van der Waals surface area contributed by atoms with Gasteiger partial charge in [0.2, 0.25) is 5.91 Å². The van der Waals surface area contributed by atoms with Gasteiger partial charge in [0.1, 0.15) is 0 Å². The normalized spacial score (nSPS) is 14.4. The van der Waals surface area contributed by atoms with Crippen LogP contribution in [0.3, 0.4) is 0 Å². The Bertz CT molecular complexity index is 452. The van der Waals surface area contributed by atoms with Crippen molar-refractivity contribution in [3.63, 3.8) is 0 Å². The van der Waals surface area contributed by atoms with E-state index >= 15 is 0 Å². The van der Waals surface area contributed by atoms with E-state index < -0.39 is 5.97 Å². The Morgan fingerprint density at radius 1 is 1.35 bits per heavy atom. The summed E-state index contributed by atoms with van der Waals surface area (Å²) in [7, 11) is 1.63. The minimum atomic E-state index is -1.01. The summed E-state index contributed by atoms with van der Waals surface area (Å²) in [6.07, 6.45) is 2.74. The highest BCUT2D eigenvalue weighted by molar-refractivity contribution is 6.01. The predicted octanol–water partition coefficient (Wildman–Crippen LogP) is 2.15. The molecule has 1 N–H and O–H groups in total. The summed E-state index contributed by atoms with van der Waals surface area (Å²) in [5, 5.41) is 9.05. The zero-order chi connectivity index (χ0) is 12.4. The number of carboxylic acids is 1. The fraction of sp³-hybridized carbons (Fsp3) is 0.385. The fourth-order valence-electron chi connectivity index (χ4n) is 1.79. The lowest BCUT2D eigenvalue weighted by molar-refractivity contribution is -0.118. The molecule has 1 aromatic rings. The molecule has 4 nitrogen and oxygen atoms in total. The molecule has 1 saturated carbocycles. The Morgan fingerprint density at radius 3 is 2.59 bits per heavy atom. The van der Waals surface area contributed by atoms with Crippen molar-refractivity contribution in [3.8, 4) is 0 Å². The van der Waals surface area contributed by atoms with Crippen LogP contribution in [-0.2, 0) is 4.79 Å². The summed E-state index contributed by atoms with van der Waals surface area (Å²) in [4.78, 5) is 24.4. The van der Waals surface area contributed by atoms with Crippen LogP contribution in [0.5, 0.6) is 0 Å². The van der Waals surface area contributed by atoms with Crippen LogP contribution in [0.2, 0.25) is 0 Å². The van der Waals surface area contributed by atoms with E-state index in [0.717, 1.165) is 12.8 Å². The van der Waals surface area contributed by atoms with E-state index in [1.165, 1.54) is 11.0 Å². The van der Waals surface area contributed by atoms with E-state index in [2.05, 4.69) is 0 Å². The van der Waals surface area contributed by atoms with E-state index in [1.54, 1.807) is 25.2 Å². The molecule has 1 aliphatic carbocycles. The Balaban J connectivity index is 2.19. The lowest BCUT2D eigenvalue weighted by Gasteiger charge is -2.19. The fourth-order valence-corrected chi connectivity index (χ4v) is 1.79. The molecule has 0 aromatic heterocycles. The standard InChI is InChI=1S/C13H15NO3/c1-14(12(15)8-9-6-7-9)11-5-3-2-4-10(11)13(16)17/h2-5,9H,6-8H2,1H3,(H,16,17). The first-order valence-corrected chi connectivity index (χ1v) is 5.68. The topological polar surface area (TPSA) is 57.6 Å². The van der Waals surface area contributed by atoms with Gasteiger partial charge in [-0.25, -0.2) is 4.79 Å². The molecule has 4 heteroatoms. The van der Waals surface area contributed by atoms with Crippen molar-refractivity contribution in [3.05, 3.63) is 29.8 Å². The molecule has 0 radical (unpaired) electrons. The quantitative estimate of drug-likeness (QED) is 0.866. The maximum atomic E-state index is 11.9. The monoisotopic (exact) mass is 233 g/mol. The van der Waals surface area contributed by atoms with Crippen LogP contribution in [0, 0.1) is 5.92 Å². The third-order valence-corrected chi connectivity index (χ3v) is 3.03. The Kier molecular flexibility index (Phi) is 3.13. The highest BCUT2D eigenvalue weighted by Gasteiger charge is 2.27. The van der Waals surface area contributed by atoms with E-state index in [-0.39, 0.29) is 11.5 Å². The first kappa shape index (κ1) is 11.6. The minimum absolute atomic E-state index is 0.0128. The van der Waals surface area contributed by atoms with Crippen LogP contribution in [-0.4, -0.2) is 24.0 Å². The molecule has 0 aliphatic heterocycles. The van der Waals surface area contributed by atoms with Gasteiger partial charge in [-0.15, -0.1) is 0 Å². The molecule has 1 aliphatic rings. The van der Waals surface area contributed by atoms with Crippen molar-refractivity contribution >= 4 is 17.6 Å². The lowest BCUT2D eigenvalue weighted by atomic mass is 10.1. The third-order valence-electron chi connectivity index (χ3n) is 3.03. The summed E-state index contributed by atoms with van der Waals surface area (Å²) in [6.45, 7) is 0. The Labute approximate surface area is 99.9 Å². The zero-order valence-corrected chi connectivity index (χ0v) is 9.72. The number of rotatable bonds is 4. The van der Waals surface area contributed by atoms with Crippen molar-refractivity contribution in [2.45, 2.75) is 19.3 Å². The van der Waals surface area contributed by atoms with Crippen LogP contribution in [0.1, 0.15) is 29.6 Å². The van der Waals surface area contributed by atoms with Gasteiger partial charge in [-0.1, -0.05) is 12.1 Å². The largest absolute Gasteiger partial charge is 0.478 e. The first-order chi connectivity index (χ1) is 8.09. The van der Waals surface area contributed by atoms with Gasteiger partial charge in [-0.3, -0.25) is 4.79 Å². The predicted molar refractivity (Wildman–Crippen MR) is 64.2 cm³/mol. The molecule has 90 valence electrons. The summed E-state index contributed by atoms with van der Waals surface area (Å²) in [6, 6.07) is 6.57. The highest BCUT2D eigenvalue weighted by Crippen LogP contribution is 2.33. The number of carbonyl (C=O) groups excluding carboxylic acids is 1. The van der Waals surface area contributed by atoms with Gasteiger partial charge in [-0.2, -0.15) is 0 Å².